The average molecular weight is 603 g/mol. The van der Waals surface area contributed by atoms with Gasteiger partial charge < -0.3 is 8.85 Å². The standard InChI is InChI=1S/C40H34O2Si2/c1-3-43(37-20-9-5-10-21-37,38-22-11-6-12-23-38)41-35-30-28-33(29-31-35)34-18-17-19-36(32-34)42-44(4-2,39-24-13-7-14-25-39)40-26-15-8-16-27-40/h3-32H,1-2H2. The molecule has 0 unspecified atom stereocenters. The van der Waals surface area contributed by atoms with E-state index in [2.05, 4.69) is 147 Å². The Morgan fingerprint density at radius 1 is 0.364 bits per heavy atom. The summed E-state index contributed by atoms with van der Waals surface area (Å²) < 4.78 is 13.9. The van der Waals surface area contributed by atoms with E-state index in [1.165, 1.54) is 0 Å². The van der Waals surface area contributed by atoms with Crippen molar-refractivity contribution in [2.45, 2.75) is 0 Å². The number of benzene rings is 6. The number of hydrogen-bond acceptors (Lipinski definition) is 2. The van der Waals surface area contributed by atoms with Gasteiger partial charge in [-0.15, -0.1) is 13.2 Å². The molecule has 44 heavy (non-hydrogen) atoms. The summed E-state index contributed by atoms with van der Waals surface area (Å²) in [5.74, 6) is 1.63. The second kappa shape index (κ2) is 13.0. The molecule has 0 amide bonds. The molecule has 0 aliphatic rings. The van der Waals surface area contributed by atoms with Crippen molar-refractivity contribution in [3.05, 3.63) is 194 Å². The Morgan fingerprint density at radius 3 is 1.14 bits per heavy atom. The van der Waals surface area contributed by atoms with Gasteiger partial charge in [0.1, 0.15) is 11.5 Å². The van der Waals surface area contributed by atoms with E-state index in [4.69, 9.17) is 8.85 Å². The van der Waals surface area contributed by atoms with Crippen molar-refractivity contribution in [2.24, 2.45) is 0 Å². The van der Waals surface area contributed by atoms with Gasteiger partial charge >= 0.3 is 16.6 Å². The zero-order valence-corrected chi connectivity index (χ0v) is 26.6. The predicted molar refractivity (Wildman–Crippen MR) is 189 cm³/mol. The van der Waals surface area contributed by atoms with Crippen LogP contribution in [0.15, 0.2) is 194 Å². The molecule has 0 N–H and O–H groups in total. The monoisotopic (exact) mass is 602 g/mol. The lowest BCUT2D eigenvalue weighted by Gasteiger charge is -2.30. The van der Waals surface area contributed by atoms with Crippen LogP contribution in [0.4, 0.5) is 0 Å². The minimum Gasteiger partial charge on any atom is -0.531 e. The minimum atomic E-state index is -2.75. The highest BCUT2D eigenvalue weighted by Gasteiger charge is 2.39. The normalized spacial score (nSPS) is 11.4. The van der Waals surface area contributed by atoms with E-state index in [0.717, 1.165) is 43.4 Å². The third-order valence-corrected chi connectivity index (χ3v) is 15.0. The first-order valence-electron chi connectivity index (χ1n) is 14.7. The second-order valence-corrected chi connectivity index (χ2v) is 17.1. The van der Waals surface area contributed by atoms with Crippen molar-refractivity contribution < 1.29 is 8.85 Å². The molecule has 6 aromatic rings. The zero-order valence-electron chi connectivity index (χ0n) is 24.6. The second-order valence-electron chi connectivity index (χ2n) is 10.6. The van der Waals surface area contributed by atoms with Crippen molar-refractivity contribution in [2.75, 3.05) is 0 Å². The molecule has 6 rings (SSSR count). The van der Waals surface area contributed by atoms with E-state index < -0.39 is 16.6 Å². The third-order valence-electron chi connectivity index (χ3n) is 7.96. The molecule has 0 radical (unpaired) electrons. The van der Waals surface area contributed by atoms with E-state index in [0.29, 0.717) is 0 Å². The highest BCUT2D eigenvalue weighted by molar-refractivity contribution is 7.02. The summed E-state index contributed by atoms with van der Waals surface area (Å²) in [6.45, 7) is 8.53. The van der Waals surface area contributed by atoms with Crippen molar-refractivity contribution in [3.63, 3.8) is 0 Å². The molecule has 4 heteroatoms. The van der Waals surface area contributed by atoms with Crippen molar-refractivity contribution in [1.29, 1.82) is 0 Å². The fourth-order valence-corrected chi connectivity index (χ4v) is 11.7. The molecule has 2 nitrogen and oxygen atoms in total. The summed E-state index contributed by atoms with van der Waals surface area (Å²) in [6.07, 6.45) is 0. The number of rotatable bonds is 11. The van der Waals surface area contributed by atoms with E-state index in [1.54, 1.807) is 0 Å². The van der Waals surface area contributed by atoms with Crippen LogP contribution in [0.2, 0.25) is 0 Å². The lowest BCUT2D eigenvalue weighted by atomic mass is 10.1. The molecule has 0 spiro atoms. The summed E-state index contributed by atoms with van der Waals surface area (Å²) in [6, 6.07) is 58.4. The third kappa shape index (κ3) is 5.73. The van der Waals surface area contributed by atoms with Crippen LogP contribution in [-0.4, -0.2) is 16.6 Å². The van der Waals surface area contributed by atoms with Crippen molar-refractivity contribution >= 4 is 37.4 Å². The van der Waals surface area contributed by atoms with Crippen LogP contribution in [0.25, 0.3) is 11.1 Å². The van der Waals surface area contributed by atoms with Gasteiger partial charge in [0.05, 0.1) is 0 Å². The maximum atomic E-state index is 6.98. The molecule has 0 bridgehead atoms. The Labute approximate surface area is 262 Å². The topological polar surface area (TPSA) is 18.5 Å². The summed E-state index contributed by atoms with van der Waals surface area (Å²) in [7, 11) is -5.48. The Morgan fingerprint density at radius 2 is 0.750 bits per heavy atom. The van der Waals surface area contributed by atoms with Crippen molar-refractivity contribution in [3.8, 4) is 22.6 Å². The SMILES string of the molecule is C=C[Si](Oc1ccc(-c2cccc(O[Si](C=C)(c3ccccc3)c3ccccc3)c2)cc1)(c1ccccc1)c1ccccc1. The summed E-state index contributed by atoms with van der Waals surface area (Å²) in [5.41, 5.74) is 6.19. The fraction of sp³-hybridized carbons (Fsp3) is 0. The lowest BCUT2D eigenvalue weighted by Crippen LogP contribution is -2.62. The molecular formula is C40H34O2Si2. The molecule has 0 saturated heterocycles. The van der Waals surface area contributed by atoms with Crippen LogP contribution in [0, 0.1) is 0 Å². The van der Waals surface area contributed by atoms with Gasteiger partial charge in [0, 0.05) is 0 Å². The summed E-state index contributed by atoms with van der Waals surface area (Å²) in [5, 5.41) is 4.61. The summed E-state index contributed by atoms with van der Waals surface area (Å²) >= 11 is 0. The molecule has 214 valence electrons. The Balaban J connectivity index is 1.31. The van der Waals surface area contributed by atoms with Gasteiger partial charge in [0.25, 0.3) is 0 Å². The maximum absolute atomic E-state index is 6.98. The van der Waals surface area contributed by atoms with Crippen LogP contribution in [-0.2, 0) is 0 Å². The molecule has 0 atom stereocenters. The first-order valence-corrected chi connectivity index (χ1v) is 18.7. The molecule has 6 aromatic carbocycles. The Hall–Kier alpha value is -5.17. The van der Waals surface area contributed by atoms with Crippen LogP contribution < -0.4 is 29.6 Å². The lowest BCUT2D eigenvalue weighted by molar-refractivity contribution is 0.576. The molecule has 0 aromatic heterocycles. The van der Waals surface area contributed by atoms with Gasteiger partial charge in [0.15, 0.2) is 0 Å². The fourth-order valence-electron chi connectivity index (χ4n) is 5.69. The Kier molecular flexibility index (Phi) is 8.55. The van der Waals surface area contributed by atoms with Gasteiger partial charge in [0.2, 0.25) is 0 Å². The van der Waals surface area contributed by atoms with E-state index in [-0.39, 0.29) is 0 Å². The zero-order chi connectivity index (χ0) is 30.2. The predicted octanol–water partition coefficient (Wildman–Crippen LogP) is 7.08. The van der Waals surface area contributed by atoms with Gasteiger partial charge in [-0.25, -0.2) is 0 Å². The van der Waals surface area contributed by atoms with Crippen LogP contribution >= 0.6 is 0 Å². The largest absolute Gasteiger partial charge is 0.531 e. The Bertz CT molecular complexity index is 1740. The molecule has 0 saturated carbocycles. The maximum Gasteiger partial charge on any atom is 0.339 e. The quantitative estimate of drug-likeness (QED) is 0.148. The molecule has 0 heterocycles. The van der Waals surface area contributed by atoms with Gasteiger partial charge in [-0.2, -0.15) is 0 Å². The van der Waals surface area contributed by atoms with E-state index in [1.807, 2.05) is 47.8 Å². The van der Waals surface area contributed by atoms with Crippen molar-refractivity contribution in [1.82, 2.24) is 0 Å². The van der Waals surface area contributed by atoms with Gasteiger partial charge in [-0.1, -0.05) is 157 Å². The highest BCUT2D eigenvalue weighted by Crippen LogP contribution is 2.28. The van der Waals surface area contributed by atoms with Gasteiger partial charge in [-0.05, 0) is 56.1 Å². The number of hydrogen-bond donors (Lipinski definition) is 0. The first kappa shape index (κ1) is 28.9. The van der Waals surface area contributed by atoms with Crippen LogP contribution in [0.1, 0.15) is 0 Å². The van der Waals surface area contributed by atoms with E-state index in [9.17, 15) is 0 Å². The molecular weight excluding hydrogens is 569 g/mol. The highest BCUT2D eigenvalue weighted by atomic mass is 28.4. The average Bonchev–Trinajstić information content (AvgIpc) is 3.11. The first-order chi connectivity index (χ1) is 21.7. The van der Waals surface area contributed by atoms with E-state index >= 15 is 0 Å². The van der Waals surface area contributed by atoms with Crippen LogP contribution in [0.3, 0.4) is 0 Å². The minimum absolute atomic E-state index is 0.812. The smallest absolute Gasteiger partial charge is 0.339 e. The van der Waals surface area contributed by atoms with Crippen LogP contribution in [0.5, 0.6) is 11.5 Å². The molecule has 0 aliphatic carbocycles. The molecule has 0 aliphatic heterocycles. The molecule has 0 fully saturated rings. The van der Waals surface area contributed by atoms with Gasteiger partial charge in [-0.3, -0.25) is 0 Å². The summed E-state index contributed by atoms with van der Waals surface area (Å²) in [4.78, 5) is 0.